The summed E-state index contributed by atoms with van der Waals surface area (Å²) in [6, 6.07) is 0. The molecule has 0 aliphatic heterocycles. The Bertz CT molecular complexity index is 168. The molecule has 15 heavy (non-hydrogen) atoms. The zero-order valence-corrected chi connectivity index (χ0v) is 11.5. The average Bonchev–Trinajstić information content (AvgIpc) is 1.98. The summed E-state index contributed by atoms with van der Waals surface area (Å²) >= 11 is 0. The molecule has 92 valence electrons. The van der Waals surface area contributed by atoms with Crippen LogP contribution in [0.3, 0.4) is 0 Å². The highest BCUT2D eigenvalue weighted by atomic mass is 16.5. The van der Waals surface area contributed by atoms with Crippen LogP contribution in [0, 0.1) is 5.41 Å². The summed E-state index contributed by atoms with van der Waals surface area (Å²) in [5, 5.41) is 0. The van der Waals surface area contributed by atoms with Gasteiger partial charge in [0.1, 0.15) is 0 Å². The molecule has 2 heteroatoms. The van der Waals surface area contributed by atoms with Gasteiger partial charge in [-0.05, 0) is 39.0 Å². The van der Waals surface area contributed by atoms with Gasteiger partial charge in [-0.2, -0.15) is 0 Å². The molecule has 0 saturated heterocycles. The Labute approximate surface area is 95.3 Å². The minimum absolute atomic E-state index is 0.0360. The van der Waals surface area contributed by atoms with E-state index in [1.54, 1.807) is 7.11 Å². The summed E-state index contributed by atoms with van der Waals surface area (Å²) in [5.74, 6) is 0. The van der Waals surface area contributed by atoms with Crippen LogP contribution in [0.25, 0.3) is 0 Å². The van der Waals surface area contributed by atoms with E-state index in [2.05, 4.69) is 41.5 Å². The Morgan fingerprint density at radius 3 is 2.00 bits per heavy atom. The fourth-order valence-electron chi connectivity index (χ4n) is 1.95. The Kier molecular flexibility index (Phi) is 5.82. The Hall–Kier alpha value is -0.0800. The molecule has 0 radical (unpaired) electrons. The summed E-state index contributed by atoms with van der Waals surface area (Å²) in [6.07, 6.45) is 2.32. The first kappa shape index (κ1) is 14.9. The molecule has 2 nitrogen and oxygen atoms in total. The number of rotatable bonds is 6. The molecule has 0 spiro atoms. The topological polar surface area (TPSA) is 18.5 Å². The molecule has 0 amide bonds. The lowest BCUT2D eigenvalue weighted by molar-refractivity contribution is -0.0551. The maximum atomic E-state index is 5.90. The third kappa shape index (κ3) is 8.88. The van der Waals surface area contributed by atoms with Gasteiger partial charge in [-0.15, -0.1) is 0 Å². The zero-order chi connectivity index (χ0) is 12.1. The first-order chi connectivity index (χ1) is 6.66. The average molecular weight is 216 g/mol. The van der Waals surface area contributed by atoms with Crippen LogP contribution in [-0.2, 0) is 9.47 Å². The molecule has 0 aromatic heterocycles. The molecule has 0 fully saturated rings. The summed E-state index contributed by atoms with van der Waals surface area (Å²) in [7, 11) is 1.74. The predicted octanol–water partition coefficient (Wildman–Crippen LogP) is 3.64. The lowest BCUT2D eigenvalue weighted by Gasteiger charge is -2.32. The fraction of sp³-hybridized carbons (Fsp3) is 1.00. The van der Waals surface area contributed by atoms with E-state index in [-0.39, 0.29) is 11.7 Å². The van der Waals surface area contributed by atoms with Gasteiger partial charge in [0.05, 0.1) is 11.7 Å². The third-order valence-corrected chi connectivity index (χ3v) is 2.38. The smallest absolute Gasteiger partial charge is 0.0631 e. The van der Waals surface area contributed by atoms with Gasteiger partial charge in [-0.25, -0.2) is 0 Å². The van der Waals surface area contributed by atoms with E-state index in [0.717, 1.165) is 19.4 Å². The minimum atomic E-state index is -0.0360. The van der Waals surface area contributed by atoms with Gasteiger partial charge in [-0.3, -0.25) is 0 Å². The molecule has 0 saturated carbocycles. The number of methoxy groups -OCH3 is 1. The highest BCUT2D eigenvalue weighted by Gasteiger charge is 2.25. The van der Waals surface area contributed by atoms with Gasteiger partial charge >= 0.3 is 0 Å². The molecule has 0 aliphatic carbocycles. The van der Waals surface area contributed by atoms with Crippen molar-refractivity contribution in [3.8, 4) is 0 Å². The molecule has 0 aromatic rings. The monoisotopic (exact) mass is 216 g/mol. The standard InChI is InChI=1S/C13H28O2/c1-11(14-7)8-9-15-13(5,6)10-12(2,3)4/h11H,8-10H2,1-7H3. The van der Waals surface area contributed by atoms with Gasteiger partial charge < -0.3 is 9.47 Å². The SMILES string of the molecule is COC(C)CCOC(C)(C)CC(C)(C)C. The van der Waals surface area contributed by atoms with Crippen molar-refractivity contribution in [1.29, 1.82) is 0 Å². The predicted molar refractivity (Wildman–Crippen MR) is 65.2 cm³/mol. The van der Waals surface area contributed by atoms with Crippen LogP contribution in [0.2, 0.25) is 0 Å². The normalized spacial score (nSPS) is 15.4. The molecule has 0 rings (SSSR count). The van der Waals surface area contributed by atoms with Gasteiger partial charge in [0.15, 0.2) is 0 Å². The third-order valence-electron chi connectivity index (χ3n) is 2.38. The second kappa shape index (κ2) is 5.86. The lowest BCUT2D eigenvalue weighted by atomic mass is 9.83. The van der Waals surface area contributed by atoms with E-state index in [1.165, 1.54) is 0 Å². The number of ether oxygens (including phenoxy) is 2. The van der Waals surface area contributed by atoms with Crippen molar-refractivity contribution >= 4 is 0 Å². The molecule has 0 bridgehead atoms. The second-order valence-electron chi connectivity index (χ2n) is 6.18. The molecule has 0 heterocycles. The van der Waals surface area contributed by atoms with Crippen LogP contribution in [0.5, 0.6) is 0 Å². The van der Waals surface area contributed by atoms with Gasteiger partial charge in [0.25, 0.3) is 0 Å². The van der Waals surface area contributed by atoms with Gasteiger partial charge in [-0.1, -0.05) is 20.8 Å². The summed E-state index contributed by atoms with van der Waals surface area (Å²) < 4.78 is 11.1. The quantitative estimate of drug-likeness (QED) is 0.675. The molecule has 0 aliphatic rings. The molecule has 1 atom stereocenters. The van der Waals surface area contributed by atoms with Crippen molar-refractivity contribution in [1.82, 2.24) is 0 Å². The van der Waals surface area contributed by atoms with E-state index in [4.69, 9.17) is 9.47 Å². The first-order valence-electron chi connectivity index (χ1n) is 5.83. The summed E-state index contributed by atoms with van der Waals surface area (Å²) in [4.78, 5) is 0. The zero-order valence-electron chi connectivity index (χ0n) is 11.5. The van der Waals surface area contributed by atoms with Crippen LogP contribution < -0.4 is 0 Å². The van der Waals surface area contributed by atoms with Crippen molar-refractivity contribution < 1.29 is 9.47 Å². The maximum absolute atomic E-state index is 5.90. The minimum Gasteiger partial charge on any atom is -0.382 e. The lowest BCUT2D eigenvalue weighted by Crippen LogP contribution is -2.31. The van der Waals surface area contributed by atoms with Crippen LogP contribution in [0.15, 0.2) is 0 Å². The van der Waals surface area contributed by atoms with Crippen LogP contribution in [-0.4, -0.2) is 25.4 Å². The fourth-order valence-corrected chi connectivity index (χ4v) is 1.95. The van der Waals surface area contributed by atoms with Crippen molar-refractivity contribution in [3.05, 3.63) is 0 Å². The van der Waals surface area contributed by atoms with E-state index in [0.29, 0.717) is 5.41 Å². The number of hydrogen-bond donors (Lipinski definition) is 0. The molecular formula is C13H28O2. The van der Waals surface area contributed by atoms with E-state index in [1.807, 2.05) is 0 Å². The summed E-state index contributed by atoms with van der Waals surface area (Å²) in [6.45, 7) is 13.9. The Morgan fingerprint density at radius 1 is 1.07 bits per heavy atom. The van der Waals surface area contributed by atoms with Crippen molar-refractivity contribution in [3.63, 3.8) is 0 Å². The Balaban J connectivity index is 3.84. The van der Waals surface area contributed by atoms with Crippen LogP contribution in [0.4, 0.5) is 0 Å². The van der Waals surface area contributed by atoms with E-state index >= 15 is 0 Å². The Morgan fingerprint density at radius 2 is 1.60 bits per heavy atom. The molecule has 0 N–H and O–H groups in total. The highest BCUT2D eigenvalue weighted by molar-refractivity contribution is 4.77. The van der Waals surface area contributed by atoms with E-state index < -0.39 is 0 Å². The number of hydrogen-bond acceptors (Lipinski definition) is 2. The van der Waals surface area contributed by atoms with Crippen LogP contribution >= 0.6 is 0 Å². The summed E-state index contributed by atoms with van der Waals surface area (Å²) in [5.41, 5.74) is 0.280. The molecule has 0 aromatic carbocycles. The van der Waals surface area contributed by atoms with Gasteiger partial charge in [0.2, 0.25) is 0 Å². The molecule has 1 unspecified atom stereocenters. The van der Waals surface area contributed by atoms with Crippen molar-refractivity contribution in [2.75, 3.05) is 13.7 Å². The van der Waals surface area contributed by atoms with E-state index in [9.17, 15) is 0 Å². The molecular weight excluding hydrogens is 188 g/mol. The van der Waals surface area contributed by atoms with Crippen molar-refractivity contribution in [2.45, 2.75) is 66.1 Å². The first-order valence-corrected chi connectivity index (χ1v) is 5.83. The largest absolute Gasteiger partial charge is 0.382 e. The highest BCUT2D eigenvalue weighted by Crippen LogP contribution is 2.29. The van der Waals surface area contributed by atoms with Gasteiger partial charge in [0, 0.05) is 13.7 Å². The second-order valence-corrected chi connectivity index (χ2v) is 6.18. The van der Waals surface area contributed by atoms with Crippen molar-refractivity contribution in [2.24, 2.45) is 5.41 Å². The maximum Gasteiger partial charge on any atom is 0.0631 e. The van der Waals surface area contributed by atoms with Crippen LogP contribution in [0.1, 0.15) is 54.4 Å².